The van der Waals surface area contributed by atoms with Gasteiger partial charge in [0, 0.05) is 24.6 Å². The first kappa shape index (κ1) is 17.4. The average Bonchev–Trinajstić information content (AvgIpc) is 2.94. The van der Waals surface area contributed by atoms with Crippen molar-refractivity contribution in [3.05, 3.63) is 34.3 Å². The Balaban J connectivity index is 2.20. The summed E-state index contributed by atoms with van der Waals surface area (Å²) in [6.07, 6.45) is 1.36. The highest BCUT2D eigenvalue weighted by Gasteiger charge is 2.37. The van der Waals surface area contributed by atoms with Crippen molar-refractivity contribution < 1.29 is 18.3 Å². The van der Waals surface area contributed by atoms with Gasteiger partial charge in [0.2, 0.25) is 0 Å². The van der Waals surface area contributed by atoms with Gasteiger partial charge in [-0.2, -0.15) is 17.0 Å². The number of halogens is 1. The molecule has 2 rings (SSSR count). The first-order chi connectivity index (χ1) is 10.3. The van der Waals surface area contributed by atoms with Crippen LogP contribution in [0.5, 0.6) is 0 Å². The Hall–Kier alpha value is -0.960. The molecule has 1 heterocycles. The summed E-state index contributed by atoms with van der Waals surface area (Å²) in [6.45, 7) is 0.427. The summed E-state index contributed by atoms with van der Waals surface area (Å²) in [6, 6.07) is 7.43. The summed E-state index contributed by atoms with van der Waals surface area (Å²) in [7, 11) is -2.23. The first-order valence-corrected chi connectivity index (χ1v) is 9.21. The third kappa shape index (κ3) is 3.87. The Morgan fingerprint density at radius 2 is 2.23 bits per heavy atom. The molecule has 0 amide bonds. The second-order valence-corrected chi connectivity index (χ2v) is 8.20. The van der Waals surface area contributed by atoms with Crippen LogP contribution in [-0.2, 0) is 15.0 Å². The highest BCUT2D eigenvalue weighted by atomic mass is 79.9. The number of carboxylic acids is 1. The van der Waals surface area contributed by atoms with Crippen LogP contribution in [-0.4, -0.2) is 48.2 Å². The molecular formula is C14H19BrN2O4S. The van der Waals surface area contributed by atoms with E-state index in [0.29, 0.717) is 6.54 Å². The molecule has 1 N–H and O–H groups in total. The van der Waals surface area contributed by atoms with E-state index in [1.807, 2.05) is 24.3 Å². The molecule has 0 radical (unpaired) electrons. The number of benzene rings is 1. The van der Waals surface area contributed by atoms with Gasteiger partial charge in [0.15, 0.2) is 0 Å². The monoisotopic (exact) mass is 390 g/mol. The van der Waals surface area contributed by atoms with Crippen molar-refractivity contribution in [2.75, 3.05) is 20.1 Å². The van der Waals surface area contributed by atoms with Crippen molar-refractivity contribution in [3.8, 4) is 0 Å². The standard InChI is InChI=1S/C14H19BrN2O4S/c1-16(9-7-14(18)19)22(20,21)17-8-3-6-13(17)11-4-2-5-12(15)10-11/h2,4-5,10,13H,3,6-9H2,1H3,(H,18,19). The molecule has 1 aliphatic heterocycles. The molecule has 8 heteroatoms. The quantitative estimate of drug-likeness (QED) is 0.807. The van der Waals surface area contributed by atoms with Crippen molar-refractivity contribution in [2.45, 2.75) is 25.3 Å². The topological polar surface area (TPSA) is 77.9 Å². The Morgan fingerprint density at radius 3 is 2.86 bits per heavy atom. The molecular weight excluding hydrogens is 372 g/mol. The van der Waals surface area contributed by atoms with Gasteiger partial charge in [-0.1, -0.05) is 28.1 Å². The van der Waals surface area contributed by atoms with E-state index in [1.165, 1.54) is 11.4 Å². The van der Waals surface area contributed by atoms with Gasteiger partial charge in [0.25, 0.3) is 10.2 Å². The normalized spacial score (nSPS) is 19.7. The van der Waals surface area contributed by atoms with Gasteiger partial charge >= 0.3 is 5.97 Å². The van der Waals surface area contributed by atoms with Gasteiger partial charge in [-0.25, -0.2) is 0 Å². The molecule has 6 nitrogen and oxygen atoms in total. The molecule has 0 bridgehead atoms. The highest BCUT2D eigenvalue weighted by Crippen LogP contribution is 2.35. The summed E-state index contributed by atoms with van der Waals surface area (Å²) >= 11 is 3.41. The van der Waals surface area contributed by atoms with Crippen molar-refractivity contribution in [2.24, 2.45) is 0 Å². The lowest BCUT2D eigenvalue weighted by molar-refractivity contribution is -0.137. The van der Waals surface area contributed by atoms with Crippen LogP contribution in [0.3, 0.4) is 0 Å². The second-order valence-electron chi connectivity index (χ2n) is 5.30. The van der Waals surface area contributed by atoms with E-state index in [0.717, 1.165) is 27.2 Å². The molecule has 122 valence electrons. The molecule has 1 aromatic rings. The van der Waals surface area contributed by atoms with Crippen LogP contribution in [0, 0.1) is 0 Å². The predicted molar refractivity (Wildman–Crippen MR) is 86.6 cm³/mol. The molecule has 1 fully saturated rings. The molecule has 1 aliphatic rings. The van der Waals surface area contributed by atoms with Gasteiger partial charge in [-0.05, 0) is 30.5 Å². The minimum Gasteiger partial charge on any atom is -0.481 e. The Bertz CT molecular complexity index is 650. The van der Waals surface area contributed by atoms with Gasteiger partial charge in [-0.15, -0.1) is 0 Å². The molecule has 0 saturated carbocycles. The van der Waals surface area contributed by atoms with Crippen LogP contribution in [0.1, 0.15) is 30.9 Å². The number of nitrogens with zero attached hydrogens (tertiary/aromatic N) is 2. The van der Waals surface area contributed by atoms with Crippen molar-refractivity contribution in [1.29, 1.82) is 0 Å². The second kappa shape index (κ2) is 7.08. The minimum absolute atomic E-state index is 0.0284. The lowest BCUT2D eigenvalue weighted by Crippen LogP contribution is -2.42. The Morgan fingerprint density at radius 1 is 1.50 bits per heavy atom. The van der Waals surface area contributed by atoms with E-state index >= 15 is 0 Å². The summed E-state index contributed by atoms with van der Waals surface area (Å²) in [5, 5.41) is 8.71. The smallest absolute Gasteiger partial charge is 0.304 e. The van der Waals surface area contributed by atoms with Crippen molar-refractivity contribution in [3.63, 3.8) is 0 Å². The van der Waals surface area contributed by atoms with E-state index in [2.05, 4.69) is 15.9 Å². The first-order valence-electron chi connectivity index (χ1n) is 7.02. The zero-order chi connectivity index (χ0) is 16.3. The van der Waals surface area contributed by atoms with Crippen LogP contribution in [0.2, 0.25) is 0 Å². The average molecular weight is 391 g/mol. The van der Waals surface area contributed by atoms with Crippen LogP contribution < -0.4 is 0 Å². The van der Waals surface area contributed by atoms with Gasteiger partial charge in [-0.3, -0.25) is 4.79 Å². The van der Waals surface area contributed by atoms with Crippen molar-refractivity contribution in [1.82, 2.24) is 8.61 Å². The predicted octanol–water partition coefficient (Wildman–Crippen LogP) is 2.24. The van der Waals surface area contributed by atoms with Crippen LogP contribution in [0.25, 0.3) is 0 Å². The lowest BCUT2D eigenvalue weighted by atomic mass is 10.1. The number of hydrogen-bond acceptors (Lipinski definition) is 3. The number of carboxylic acid groups (broad SMARTS) is 1. The van der Waals surface area contributed by atoms with Crippen LogP contribution in [0.4, 0.5) is 0 Å². The Kier molecular flexibility index (Phi) is 5.60. The number of aliphatic carboxylic acids is 1. The number of hydrogen-bond donors (Lipinski definition) is 1. The zero-order valence-electron chi connectivity index (χ0n) is 12.3. The summed E-state index contributed by atoms with van der Waals surface area (Å²) in [5.74, 6) is -1.01. The van der Waals surface area contributed by atoms with Gasteiger partial charge in [0.05, 0.1) is 12.5 Å². The number of carbonyl (C=O) groups is 1. The van der Waals surface area contributed by atoms with Crippen LogP contribution >= 0.6 is 15.9 Å². The fourth-order valence-corrected chi connectivity index (χ4v) is 4.62. The zero-order valence-corrected chi connectivity index (χ0v) is 14.7. The summed E-state index contributed by atoms with van der Waals surface area (Å²) in [5.41, 5.74) is 0.946. The molecule has 1 saturated heterocycles. The SMILES string of the molecule is CN(CCC(=O)O)S(=O)(=O)N1CCCC1c1cccc(Br)c1. The number of rotatable bonds is 6. The molecule has 1 unspecified atom stereocenters. The Labute approximate surface area is 139 Å². The van der Waals surface area contributed by atoms with E-state index in [9.17, 15) is 13.2 Å². The third-order valence-electron chi connectivity index (χ3n) is 3.77. The van der Waals surface area contributed by atoms with E-state index in [1.54, 1.807) is 0 Å². The van der Waals surface area contributed by atoms with Crippen molar-refractivity contribution >= 4 is 32.1 Å². The molecule has 1 atom stereocenters. The summed E-state index contributed by atoms with van der Waals surface area (Å²) < 4.78 is 28.8. The minimum atomic E-state index is -3.66. The third-order valence-corrected chi connectivity index (χ3v) is 6.26. The van der Waals surface area contributed by atoms with E-state index in [4.69, 9.17) is 5.11 Å². The van der Waals surface area contributed by atoms with E-state index < -0.39 is 16.2 Å². The maximum absolute atomic E-state index is 12.7. The van der Waals surface area contributed by atoms with Gasteiger partial charge < -0.3 is 5.11 Å². The highest BCUT2D eigenvalue weighted by molar-refractivity contribution is 9.10. The maximum atomic E-state index is 12.7. The fourth-order valence-electron chi connectivity index (χ4n) is 2.61. The molecule has 22 heavy (non-hydrogen) atoms. The lowest BCUT2D eigenvalue weighted by Gasteiger charge is -2.29. The largest absolute Gasteiger partial charge is 0.481 e. The summed E-state index contributed by atoms with van der Waals surface area (Å²) in [4.78, 5) is 10.6. The molecule has 0 spiro atoms. The van der Waals surface area contributed by atoms with Gasteiger partial charge in [0.1, 0.15) is 0 Å². The van der Waals surface area contributed by atoms with Crippen LogP contribution in [0.15, 0.2) is 28.7 Å². The molecule has 0 aliphatic carbocycles. The maximum Gasteiger partial charge on any atom is 0.304 e. The van der Waals surface area contributed by atoms with E-state index in [-0.39, 0.29) is 19.0 Å². The molecule has 1 aromatic carbocycles. The fraction of sp³-hybridized carbons (Fsp3) is 0.500. The molecule has 0 aromatic heterocycles.